The van der Waals surface area contributed by atoms with E-state index in [1.165, 1.54) is 25.7 Å². The smallest absolute Gasteiger partial charge is 0.261 e. The maximum absolute atomic E-state index is 12.3. The number of H-pyrrole nitrogens is 1. The Morgan fingerprint density at radius 2 is 2.00 bits per heavy atom. The van der Waals surface area contributed by atoms with Crippen LogP contribution in [-0.4, -0.2) is 22.4 Å². The van der Waals surface area contributed by atoms with E-state index in [0.29, 0.717) is 12.2 Å². The van der Waals surface area contributed by atoms with Crippen LogP contribution in [-0.2, 0) is 0 Å². The number of pyridine rings is 2. The normalized spacial score (nSPS) is 24.4. The van der Waals surface area contributed by atoms with Crippen molar-refractivity contribution in [1.82, 2.24) is 15.3 Å². The van der Waals surface area contributed by atoms with Gasteiger partial charge in [-0.1, -0.05) is 6.42 Å². The van der Waals surface area contributed by atoms with Crippen LogP contribution >= 0.6 is 0 Å². The van der Waals surface area contributed by atoms with Gasteiger partial charge >= 0.3 is 0 Å². The van der Waals surface area contributed by atoms with Gasteiger partial charge in [-0.2, -0.15) is 0 Å². The molecule has 0 aliphatic heterocycles. The Hall–Kier alpha value is -2.43. The zero-order chi connectivity index (χ0) is 17.2. The summed E-state index contributed by atoms with van der Waals surface area (Å²) in [5.74, 6) is 2.26. The van der Waals surface area contributed by atoms with Crippen LogP contribution in [0.3, 0.4) is 0 Å². The first-order chi connectivity index (χ1) is 12.2. The highest BCUT2D eigenvalue weighted by atomic mass is 16.2. The molecule has 0 aromatic carbocycles. The van der Waals surface area contributed by atoms with Gasteiger partial charge in [-0.3, -0.25) is 14.6 Å². The van der Waals surface area contributed by atoms with Gasteiger partial charge in [0.05, 0.1) is 0 Å². The van der Waals surface area contributed by atoms with Gasteiger partial charge in [-0.25, -0.2) is 0 Å². The van der Waals surface area contributed by atoms with E-state index in [1.807, 2.05) is 12.1 Å². The summed E-state index contributed by atoms with van der Waals surface area (Å²) in [6, 6.07) is 7.00. The van der Waals surface area contributed by atoms with Gasteiger partial charge in [0.15, 0.2) is 0 Å². The zero-order valence-electron chi connectivity index (χ0n) is 14.2. The number of hydrogen-bond donors (Lipinski definition) is 2. The minimum Gasteiger partial charge on any atom is -0.352 e. The molecule has 0 saturated heterocycles. The van der Waals surface area contributed by atoms with Crippen molar-refractivity contribution in [2.75, 3.05) is 6.54 Å². The lowest BCUT2D eigenvalue weighted by Crippen LogP contribution is -2.31. The molecule has 2 aliphatic rings. The summed E-state index contributed by atoms with van der Waals surface area (Å²) in [6.07, 6.45) is 9.83. The quantitative estimate of drug-likeness (QED) is 0.881. The third kappa shape index (κ3) is 3.36. The highest BCUT2D eigenvalue weighted by Crippen LogP contribution is 2.49. The molecule has 2 N–H and O–H groups in total. The molecule has 2 fully saturated rings. The van der Waals surface area contributed by atoms with Gasteiger partial charge in [-0.05, 0) is 67.7 Å². The van der Waals surface area contributed by atoms with Crippen LogP contribution in [0.4, 0.5) is 0 Å². The van der Waals surface area contributed by atoms with Crippen molar-refractivity contribution in [3.8, 4) is 11.3 Å². The molecule has 5 heteroatoms. The molecule has 2 aromatic rings. The van der Waals surface area contributed by atoms with E-state index in [4.69, 9.17) is 0 Å². The first-order valence-electron chi connectivity index (χ1n) is 9.12. The Kier molecular flexibility index (Phi) is 4.38. The molecule has 0 unspecified atom stereocenters. The number of aromatic amines is 1. The monoisotopic (exact) mass is 337 g/mol. The summed E-state index contributed by atoms with van der Waals surface area (Å²) in [4.78, 5) is 31.3. The number of carbonyl (C=O) groups excluding carboxylic acids is 1. The van der Waals surface area contributed by atoms with E-state index in [1.54, 1.807) is 24.5 Å². The molecule has 0 spiro atoms. The fraction of sp³-hybridized carbons (Fsp3) is 0.450. The van der Waals surface area contributed by atoms with Crippen molar-refractivity contribution in [2.45, 2.75) is 32.1 Å². The van der Waals surface area contributed by atoms with Gasteiger partial charge in [0.2, 0.25) is 0 Å². The molecule has 2 heterocycles. The second kappa shape index (κ2) is 6.82. The second-order valence-electron chi connectivity index (χ2n) is 7.33. The maximum Gasteiger partial charge on any atom is 0.261 e. The van der Waals surface area contributed by atoms with Gasteiger partial charge in [0, 0.05) is 30.2 Å². The zero-order valence-corrected chi connectivity index (χ0v) is 14.2. The molecule has 25 heavy (non-hydrogen) atoms. The maximum atomic E-state index is 12.3. The van der Waals surface area contributed by atoms with Crippen LogP contribution in [0.25, 0.3) is 11.3 Å². The van der Waals surface area contributed by atoms with Gasteiger partial charge < -0.3 is 10.3 Å². The van der Waals surface area contributed by atoms with E-state index in [-0.39, 0.29) is 17.0 Å². The Bertz CT molecular complexity index is 815. The molecule has 2 bridgehead atoms. The van der Waals surface area contributed by atoms with Crippen molar-refractivity contribution in [3.05, 3.63) is 52.6 Å². The summed E-state index contributed by atoms with van der Waals surface area (Å²) in [7, 11) is 0. The molecule has 3 atom stereocenters. The van der Waals surface area contributed by atoms with E-state index >= 15 is 0 Å². The number of rotatable bonds is 5. The van der Waals surface area contributed by atoms with Crippen LogP contribution < -0.4 is 10.9 Å². The van der Waals surface area contributed by atoms with Crippen molar-refractivity contribution < 1.29 is 4.79 Å². The predicted molar refractivity (Wildman–Crippen MR) is 96.2 cm³/mol. The highest BCUT2D eigenvalue weighted by Gasteiger charge is 2.38. The standard InChI is InChI=1S/C20H23N3O2/c24-19(22-10-7-16-12-13-1-2-15(16)11-13)17-3-4-18(23-20(17)25)14-5-8-21-9-6-14/h3-6,8-9,13,15-16H,1-2,7,10-12H2,(H,22,24)(H,23,25)/t13-,15-,16-/m0/s1. The number of aromatic nitrogens is 2. The summed E-state index contributed by atoms with van der Waals surface area (Å²) >= 11 is 0. The first kappa shape index (κ1) is 16.1. The molecule has 5 nitrogen and oxygen atoms in total. The molecule has 130 valence electrons. The molecule has 1 amide bonds. The van der Waals surface area contributed by atoms with Gasteiger partial charge in [0.1, 0.15) is 5.56 Å². The summed E-state index contributed by atoms with van der Waals surface area (Å²) < 4.78 is 0. The van der Waals surface area contributed by atoms with Crippen molar-refractivity contribution in [3.63, 3.8) is 0 Å². The van der Waals surface area contributed by atoms with Crippen LogP contribution in [0.5, 0.6) is 0 Å². The van der Waals surface area contributed by atoms with Crippen LogP contribution in [0.2, 0.25) is 0 Å². The lowest BCUT2D eigenvalue weighted by Gasteiger charge is -2.21. The van der Waals surface area contributed by atoms with Crippen molar-refractivity contribution >= 4 is 5.91 Å². The number of nitrogens with one attached hydrogen (secondary N) is 2. The molecule has 2 aliphatic carbocycles. The number of nitrogens with zero attached hydrogens (tertiary/aromatic N) is 1. The molecular weight excluding hydrogens is 314 g/mol. The van der Waals surface area contributed by atoms with E-state index in [2.05, 4.69) is 15.3 Å². The van der Waals surface area contributed by atoms with Crippen LogP contribution in [0.15, 0.2) is 41.5 Å². The second-order valence-corrected chi connectivity index (χ2v) is 7.33. The minimum absolute atomic E-state index is 0.172. The Morgan fingerprint density at radius 3 is 2.68 bits per heavy atom. The predicted octanol–water partition coefficient (Wildman–Crippen LogP) is 2.99. The lowest BCUT2D eigenvalue weighted by atomic mass is 9.86. The topological polar surface area (TPSA) is 74.8 Å². The van der Waals surface area contributed by atoms with Crippen molar-refractivity contribution in [1.29, 1.82) is 0 Å². The summed E-state index contributed by atoms with van der Waals surface area (Å²) in [6.45, 7) is 0.651. The Labute approximate surface area is 146 Å². The average molecular weight is 337 g/mol. The molecular formula is C20H23N3O2. The largest absolute Gasteiger partial charge is 0.352 e. The van der Waals surface area contributed by atoms with Crippen LogP contribution in [0.1, 0.15) is 42.5 Å². The average Bonchev–Trinajstić information content (AvgIpc) is 3.25. The summed E-state index contributed by atoms with van der Waals surface area (Å²) in [5, 5.41) is 2.92. The van der Waals surface area contributed by atoms with Crippen LogP contribution in [0, 0.1) is 17.8 Å². The molecule has 4 rings (SSSR count). The number of amides is 1. The molecule has 2 saturated carbocycles. The third-order valence-electron chi connectivity index (χ3n) is 5.83. The Morgan fingerprint density at radius 1 is 1.16 bits per heavy atom. The van der Waals surface area contributed by atoms with Gasteiger partial charge in [-0.15, -0.1) is 0 Å². The SMILES string of the molecule is O=C(NCC[C@H]1C[C@H]2CC[C@H]1C2)c1ccc(-c2ccncc2)[nH]c1=O. The molecule has 0 radical (unpaired) electrons. The summed E-state index contributed by atoms with van der Waals surface area (Å²) in [5.41, 5.74) is 1.37. The van der Waals surface area contributed by atoms with Gasteiger partial charge in [0.25, 0.3) is 11.5 Å². The lowest BCUT2D eigenvalue weighted by molar-refractivity contribution is 0.0948. The fourth-order valence-corrected chi connectivity index (χ4v) is 4.55. The van der Waals surface area contributed by atoms with E-state index < -0.39 is 0 Å². The third-order valence-corrected chi connectivity index (χ3v) is 5.83. The number of fused-ring (bicyclic) bond motifs is 2. The fourth-order valence-electron chi connectivity index (χ4n) is 4.55. The Balaban J connectivity index is 1.36. The van der Waals surface area contributed by atoms with E-state index in [9.17, 15) is 9.59 Å². The number of carbonyl (C=O) groups is 1. The van der Waals surface area contributed by atoms with Crippen molar-refractivity contribution in [2.24, 2.45) is 17.8 Å². The highest BCUT2D eigenvalue weighted by molar-refractivity contribution is 5.94. The molecule has 2 aromatic heterocycles. The van der Waals surface area contributed by atoms with E-state index in [0.717, 1.165) is 29.7 Å². The first-order valence-corrected chi connectivity index (χ1v) is 9.12. The minimum atomic E-state index is -0.355. The number of hydrogen-bond acceptors (Lipinski definition) is 3.